The van der Waals surface area contributed by atoms with E-state index in [2.05, 4.69) is 15.1 Å². The molecule has 0 spiro atoms. The number of hydrogen-bond acceptors (Lipinski definition) is 7. The van der Waals surface area contributed by atoms with Crippen molar-refractivity contribution < 1.29 is 17.3 Å². The Bertz CT molecular complexity index is 684. The van der Waals surface area contributed by atoms with Crippen LogP contribution >= 0.6 is 0 Å². The summed E-state index contributed by atoms with van der Waals surface area (Å²) >= 11 is 0. The third kappa shape index (κ3) is 3.81. The lowest BCUT2D eigenvalue weighted by Gasteiger charge is -2.04. The lowest BCUT2D eigenvalue weighted by molar-refractivity contribution is 0.352. The molecule has 2 N–H and O–H groups in total. The highest BCUT2D eigenvalue weighted by Crippen LogP contribution is 2.18. The molecule has 0 amide bonds. The Balaban J connectivity index is 2.10. The van der Waals surface area contributed by atoms with Crippen LogP contribution in [0.15, 0.2) is 22.9 Å². The maximum Gasteiger partial charge on any atom is 0.243 e. The highest BCUT2D eigenvalue weighted by molar-refractivity contribution is 7.90. The van der Waals surface area contributed by atoms with Crippen molar-refractivity contribution in [1.29, 1.82) is 0 Å². The van der Waals surface area contributed by atoms with Gasteiger partial charge in [0.25, 0.3) is 0 Å². The zero-order chi connectivity index (χ0) is 14.8. The molecule has 0 fully saturated rings. The van der Waals surface area contributed by atoms with E-state index in [1.54, 1.807) is 0 Å². The van der Waals surface area contributed by atoms with Gasteiger partial charge in [0, 0.05) is 6.26 Å². The third-order valence-corrected chi connectivity index (χ3v) is 3.49. The predicted octanol–water partition coefficient (Wildman–Crippen LogP) is 0.705. The van der Waals surface area contributed by atoms with E-state index >= 15 is 0 Å². The third-order valence-electron chi connectivity index (χ3n) is 2.52. The lowest BCUT2D eigenvalue weighted by atomic mass is 10.2. The van der Waals surface area contributed by atoms with Gasteiger partial charge in [-0.2, -0.15) is 4.98 Å². The van der Waals surface area contributed by atoms with Gasteiger partial charge in [0.2, 0.25) is 11.7 Å². The Morgan fingerprint density at radius 2 is 2.20 bits per heavy atom. The van der Waals surface area contributed by atoms with Crippen LogP contribution in [0.5, 0.6) is 0 Å². The van der Waals surface area contributed by atoms with Gasteiger partial charge in [-0.3, -0.25) is 0 Å². The Morgan fingerprint density at radius 3 is 2.80 bits per heavy atom. The summed E-state index contributed by atoms with van der Waals surface area (Å²) < 4.78 is 39.8. The first-order valence-corrected chi connectivity index (χ1v) is 7.80. The molecule has 0 saturated heterocycles. The van der Waals surface area contributed by atoms with Crippen molar-refractivity contribution in [2.75, 3.05) is 12.0 Å². The quantitative estimate of drug-likeness (QED) is 0.865. The van der Waals surface area contributed by atoms with Crippen molar-refractivity contribution in [3.8, 4) is 11.5 Å². The minimum absolute atomic E-state index is 0.0688. The first kappa shape index (κ1) is 14.5. The summed E-state index contributed by atoms with van der Waals surface area (Å²) in [6.45, 7) is 0. The van der Waals surface area contributed by atoms with E-state index in [0.29, 0.717) is 5.69 Å². The Hall–Kier alpha value is -1.87. The van der Waals surface area contributed by atoms with Gasteiger partial charge in [-0.25, -0.2) is 17.8 Å². The summed E-state index contributed by atoms with van der Waals surface area (Å²) in [5, 5.41) is 3.68. The van der Waals surface area contributed by atoms with Gasteiger partial charge in [0.1, 0.15) is 21.3 Å². The molecule has 0 aromatic carbocycles. The predicted molar refractivity (Wildman–Crippen MR) is 68.7 cm³/mol. The number of nitrogens with two attached hydrogens (primary N) is 1. The van der Waals surface area contributed by atoms with Gasteiger partial charge >= 0.3 is 0 Å². The normalized spacial score (nSPS) is 13.3. The van der Waals surface area contributed by atoms with E-state index in [0.717, 1.165) is 12.5 Å². The molecule has 2 rings (SSSR count). The van der Waals surface area contributed by atoms with Crippen LogP contribution in [-0.2, 0) is 9.84 Å². The molecule has 9 heteroatoms. The van der Waals surface area contributed by atoms with Gasteiger partial charge in [-0.05, 0) is 18.6 Å². The topological polar surface area (TPSA) is 112 Å². The number of sulfone groups is 1. The minimum atomic E-state index is -3.10. The van der Waals surface area contributed by atoms with Gasteiger partial charge < -0.3 is 10.3 Å². The number of nitrogens with zero attached hydrogens (tertiary/aromatic N) is 3. The molecule has 0 bridgehead atoms. The number of rotatable bonds is 5. The second-order valence-electron chi connectivity index (χ2n) is 4.34. The number of hydrogen-bond donors (Lipinski definition) is 1. The number of pyridine rings is 1. The summed E-state index contributed by atoms with van der Waals surface area (Å²) in [6.07, 6.45) is 2.34. The molecule has 2 aromatic rings. The van der Waals surface area contributed by atoms with Crippen LogP contribution in [-0.4, -0.2) is 35.6 Å². The van der Waals surface area contributed by atoms with Crippen LogP contribution in [0.25, 0.3) is 11.5 Å². The smallest absolute Gasteiger partial charge is 0.243 e. The molecule has 0 radical (unpaired) electrons. The number of aromatic nitrogens is 3. The fourth-order valence-corrected chi connectivity index (χ4v) is 2.14. The van der Waals surface area contributed by atoms with Crippen molar-refractivity contribution >= 4 is 9.84 Å². The second-order valence-corrected chi connectivity index (χ2v) is 6.60. The monoisotopic (exact) mass is 300 g/mol. The maximum atomic E-state index is 12.7. The Kier molecular flexibility index (Phi) is 4.09. The van der Waals surface area contributed by atoms with E-state index in [-0.39, 0.29) is 23.9 Å². The molecule has 7 nitrogen and oxygen atoms in total. The molecular weight excluding hydrogens is 287 g/mol. The lowest BCUT2D eigenvalue weighted by Crippen LogP contribution is -2.16. The van der Waals surface area contributed by atoms with Gasteiger partial charge in [-0.1, -0.05) is 5.16 Å². The van der Waals surface area contributed by atoms with Crippen LogP contribution in [0.2, 0.25) is 0 Å². The van der Waals surface area contributed by atoms with E-state index in [9.17, 15) is 12.8 Å². The Morgan fingerprint density at radius 1 is 1.45 bits per heavy atom. The molecule has 0 saturated carbocycles. The summed E-state index contributed by atoms with van der Waals surface area (Å²) in [5.41, 5.74) is 6.12. The number of halogens is 1. The molecule has 0 aliphatic rings. The standard InChI is InChI=1S/C11H13FN4O3S/c1-20(17,18)5-4-8(13)11-15-10(16-19-11)9-3-2-7(12)6-14-9/h2-3,6,8H,4-5,13H2,1H3. The summed E-state index contributed by atoms with van der Waals surface area (Å²) in [7, 11) is -3.10. The van der Waals surface area contributed by atoms with E-state index in [4.69, 9.17) is 10.3 Å². The van der Waals surface area contributed by atoms with Crippen LogP contribution in [0.3, 0.4) is 0 Å². The van der Waals surface area contributed by atoms with Crippen LogP contribution in [0, 0.1) is 5.82 Å². The van der Waals surface area contributed by atoms with E-state index in [1.165, 1.54) is 12.1 Å². The Labute approximate surface area is 114 Å². The van der Waals surface area contributed by atoms with Crippen molar-refractivity contribution in [3.63, 3.8) is 0 Å². The molecule has 0 aliphatic carbocycles. The average molecular weight is 300 g/mol. The zero-order valence-electron chi connectivity index (χ0n) is 10.7. The van der Waals surface area contributed by atoms with Crippen molar-refractivity contribution in [3.05, 3.63) is 30.0 Å². The van der Waals surface area contributed by atoms with Gasteiger partial charge in [0.05, 0.1) is 18.0 Å². The maximum absolute atomic E-state index is 12.7. The van der Waals surface area contributed by atoms with Gasteiger partial charge in [0.15, 0.2) is 0 Å². The molecule has 108 valence electrons. The van der Waals surface area contributed by atoms with Crippen molar-refractivity contribution in [1.82, 2.24) is 15.1 Å². The summed E-state index contributed by atoms with van der Waals surface area (Å²) in [5.74, 6) is -0.243. The van der Waals surface area contributed by atoms with Crippen LogP contribution in [0.4, 0.5) is 4.39 Å². The first-order chi connectivity index (χ1) is 9.35. The van der Waals surface area contributed by atoms with Crippen molar-refractivity contribution in [2.45, 2.75) is 12.5 Å². The molecule has 2 heterocycles. The minimum Gasteiger partial charge on any atom is -0.337 e. The summed E-state index contributed by atoms with van der Waals surface area (Å²) in [6, 6.07) is 1.96. The SMILES string of the molecule is CS(=O)(=O)CCC(N)c1nc(-c2ccc(F)cn2)no1. The fourth-order valence-electron chi connectivity index (χ4n) is 1.46. The fraction of sp³-hybridized carbons (Fsp3) is 0.364. The van der Waals surface area contributed by atoms with Crippen LogP contribution < -0.4 is 5.73 Å². The van der Waals surface area contributed by atoms with Gasteiger partial charge in [-0.15, -0.1) is 0 Å². The van der Waals surface area contributed by atoms with E-state index < -0.39 is 21.7 Å². The van der Waals surface area contributed by atoms with Crippen molar-refractivity contribution in [2.24, 2.45) is 5.73 Å². The molecule has 1 unspecified atom stereocenters. The molecule has 2 aromatic heterocycles. The molecular formula is C11H13FN4O3S. The largest absolute Gasteiger partial charge is 0.337 e. The van der Waals surface area contributed by atoms with Crippen LogP contribution in [0.1, 0.15) is 18.4 Å². The van der Waals surface area contributed by atoms with E-state index in [1.807, 2.05) is 0 Å². The average Bonchev–Trinajstić information content (AvgIpc) is 2.85. The first-order valence-electron chi connectivity index (χ1n) is 5.74. The molecule has 20 heavy (non-hydrogen) atoms. The second kappa shape index (κ2) is 5.63. The highest BCUT2D eigenvalue weighted by Gasteiger charge is 2.18. The molecule has 0 aliphatic heterocycles. The summed E-state index contributed by atoms with van der Waals surface area (Å²) in [4.78, 5) is 7.84. The molecule has 1 atom stereocenters. The highest BCUT2D eigenvalue weighted by atomic mass is 32.2. The zero-order valence-corrected chi connectivity index (χ0v) is 11.5.